The topological polar surface area (TPSA) is 76.1 Å². The molecule has 1 amide bonds. The van der Waals surface area contributed by atoms with Crippen LogP contribution in [0.4, 0.5) is 5.82 Å². The molecule has 1 aromatic heterocycles. The third-order valence-electron chi connectivity index (χ3n) is 3.60. The van der Waals surface area contributed by atoms with E-state index >= 15 is 0 Å². The summed E-state index contributed by atoms with van der Waals surface area (Å²) in [4.78, 5) is 20.2. The lowest BCUT2D eigenvalue weighted by atomic mass is 10.1. The van der Waals surface area contributed by atoms with Crippen LogP contribution in [0.1, 0.15) is 17.9 Å². The van der Waals surface area contributed by atoms with E-state index in [0.717, 1.165) is 12.0 Å². The fourth-order valence-electron chi connectivity index (χ4n) is 2.42. The van der Waals surface area contributed by atoms with Gasteiger partial charge in [-0.3, -0.25) is 15.6 Å². The first-order chi connectivity index (χ1) is 11.1. The summed E-state index contributed by atoms with van der Waals surface area (Å²) in [5.74, 6) is 0.531. The summed E-state index contributed by atoms with van der Waals surface area (Å²) in [6, 6.07) is 5.35. The van der Waals surface area contributed by atoms with Crippen LogP contribution < -0.4 is 15.6 Å². The van der Waals surface area contributed by atoms with Crippen molar-refractivity contribution in [2.75, 3.05) is 12.5 Å². The summed E-state index contributed by atoms with van der Waals surface area (Å²) >= 11 is 12.0. The van der Waals surface area contributed by atoms with Crippen molar-refractivity contribution < 1.29 is 9.53 Å². The van der Waals surface area contributed by atoms with Crippen LogP contribution >= 0.6 is 23.2 Å². The molecule has 120 valence electrons. The molecule has 1 fully saturated rings. The average molecular weight is 353 g/mol. The summed E-state index contributed by atoms with van der Waals surface area (Å²) < 4.78 is 5.05. The zero-order chi connectivity index (χ0) is 16.4. The van der Waals surface area contributed by atoms with Crippen molar-refractivity contribution in [3.63, 3.8) is 0 Å². The van der Waals surface area contributed by atoms with Gasteiger partial charge in [-0.05, 0) is 36.1 Å². The van der Waals surface area contributed by atoms with E-state index in [1.165, 1.54) is 19.5 Å². The SMILES string of the molecule is COc1nccnc1NNC(=O)[C@H]1C[C@H]1c1cc(Cl)cc(Cl)c1. The number of halogens is 2. The Hall–Kier alpha value is -2.05. The molecule has 0 bridgehead atoms. The van der Waals surface area contributed by atoms with Crippen molar-refractivity contribution in [3.8, 4) is 5.88 Å². The van der Waals surface area contributed by atoms with E-state index < -0.39 is 0 Å². The number of carbonyl (C=O) groups excluding carboxylic acids is 1. The van der Waals surface area contributed by atoms with Crippen molar-refractivity contribution in [2.45, 2.75) is 12.3 Å². The number of benzene rings is 1. The number of hydrogen-bond donors (Lipinski definition) is 2. The summed E-state index contributed by atoms with van der Waals surface area (Å²) in [5.41, 5.74) is 6.33. The molecular weight excluding hydrogens is 339 g/mol. The summed E-state index contributed by atoms with van der Waals surface area (Å²) in [5, 5.41) is 1.14. The quantitative estimate of drug-likeness (QED) is 0.808. The summed E-state index contributed by atoms with van der Waals surface area (Å²) in [6.45, 7) is 0. The highest BCUT2D eigenvalue weighted by atomic mass is 35.5. The first kappa shape index (κ1) is 15.8. The smallest absolute Gasteiger partial charge is 0.258 e. The van der Waals surface area contributed by atoms with Crippen molar-refractivity contribution in [1.29, 1.82) is 0 Å². The van der Waals surface area contributed by atoms with Crippen LogP contribution in [0.25, 0.3) is 0 Å². The number of ether oxygens (including phenoxy) is 1. The zero-order valence-electron chi connectivity index (χ0n) is 12.2. The van der Waals surface area contributed by atoms with E-state index in [2.05, 4.69) is 20.8 Å². The van der Waals surface area contributed by atoms with Gasteiger partial charge in [-0.25, -0.2) is 9.97 Å². The number of rotatable bonds is 5. The highest BCUT2D eigenvalue weighted by Crippen LogP contribution is 2.48. The number of aromatic nitrogens is 2. The second-order valence-corrected chi connectivity index (χ2v) is 6.05. The molecule has 1 aliphatic rings. The van der Waals surface area contributed by atoms with E-state index in [4.69, 9.17) is 27.9 Å². The first-order valence-electron chi connectivity index (χ1n) is 6.95. The molecule has 1 saturated carbocycles. The number of nitrogens with zero attached hydrogens (tertiary/aromatic N) is 2. The number of amides is 1. The maximum absolute atomic E-state index is 12.2. The molecule has 2 atom stereocenters. The number of carbonyl (C=O) groups is 1. The van der Waals surface area contributed by atoms with Gasteiger partial charge in [-0.15, -0.1) is 0 Å². The number of anilines is 1. The molecule has 0 unspecified atom stereocenters. The number of methoxy groups -OCH3 is 1. The first-order valence-corrected chi connectivity index (χ1v) is 7.71. The lowest BCUT2D eigenvalue weighted by Crippen LogP contribution is -2.31. The molecule has 2 N–H and O–H groups in total. The Morgan fingerprint density at radius 3 is 2.61 bits per heavy atom. The second kappa shape index (κ2) is 6.60. The molecule has 0 radical (unpaired) electrons. The maximum Gasteiger partial charge on any atom is 0.258 e. The van der Waals surface area contributed by atoms with Crippen LogP contribution in [0.5, 0.6) is 5.88 Å². The minimum absolute atomic E-state index is 0.122. The van der Waals surface area contributed by atoms with Crippen LogP contribution in [0.15, 0.2) is 30.6 Å². The van der Waals surface area contributed by atoms with Gasteiger partial charge in [-0.2, -0.15) is 0 Å². The highest BCUT2D eigenvalue weighted by molar-refractivity contribution is 6.34. The number of hydrogen-bond acceptors (Lipinski definition) is 5. The van der Waals surface area contributed by atoms with Crippen LogP contribution in [0.2, 0.25) is 10.0 Å². The number of nitrogens with one attached hydrogen (secondary N) is 2. The fourth-order valence-corrected chi connectivity index (χ4v) is 2.96. The fraction of sp³-hybridized carbons (Fsp3) is 0.267. The Kier molecular flexibility index (Phi) is 4.54. The van der Waals surface area contributed by atoms with E-state index in [1.807, 2.05) is 12.1 Å². The van der Waals surface area contributed by atoms with Crippen LogP contribution in [-0.4, -0.2) is 23.0 Å². The minimum atomic E-state index is -0.126. The lowest BCUT2D eigenvalue weighted by molar-refractivity contribution is -0.121. The van der Waals surface area contributed by atoms with Crippen LogP contribution in [-0.2, 0) is 4.79 Å². The minimum Gasteiger partial charge on any atom is -0.478 e. The summed E-state index contributed by atoms with van der Waals surface area (Å²) in [6.07, 6.45) is 3.76. The van der Waals surface area contributed by atoms with Gasteiger partial charge in [0.25, 0.3) is 5.88 Å². The average Bonchev–Trinajstić information content (AvgIpc) is 3.32. The van der Waals surface area contributed by atoms with E-state index in [0.29, 0.717) is 21.7 Å². The molecule has 1 aromatic carbocycles. The molecule has 2 aromatic rings. The predicted molar refractivity (Wildman–Crippen MR) is 87.7 cm³/mol. The van der Waals surface area contributed by atoms with Gasteiger partial charge in [0, 0.05) is 28.4 Å². The number of hydrazine groups is 1. The molecule has 1 aliphatic carbocycles. The lowest BCUT2D eigenvalue weighted by Gasteiger charge is -2.10. The molecule has 0 spiro atoms. The Labute approximate surface area is 143 Å². The van der Waals surface area contributed by atoms with Crippen molar-refractivity contribution in [3.05, 3.63) is 46.2 Å². The molecule has 3 rings (SSSR count). The normalized spacial score (nSPS) is 19.1. The Bertz CT molecular complexity index is 721. The van der Waals surface area contributed by atoms with E-state index in [1.54, 1.807) is 6.07 Å². The second-order valence-electron chi connectivity index (χ2n) is 5.18. The van der Waals surface area contributed by atoms with E-state index in [-0.39, 0.29) is 17.7 Å². The molecule has 8 heteroatoms. The molecule has 23 heavy (non-hydrogen) atoms. The predicted octanol–water partition coefficient (Wildman–Crippen LogP) is 3.04. The van der Waals surface area contributed by atoms with Gasteiger partial charge in [0.2, 0.25) is 11.7 Å². The molecule has 0 aliphatic heterocycles. The van der Waals surface area contributed by atoms with Gasteiger partial charge >= 0.3 is 0 Å². The molecule has 1 heterocycles. The van der Waals surface area contributed by atoms with Gasteiger partial charge in [-0.1, -0.05) is 23.2 Å². The zero-order valence-corrected chi connectivity index (χ0v) is 13.7. The Balaban J connectivity index is 1.60. The molecular formula is C15H14Cl2N4O2. The van der Waals surface area contributed by atoms with Crippen molar-refractivity contribution in [1.82, 2.24) is 15.4 Å². The van der Waals surface area contributed by atoms with Gasteiger partial charge in [0.1, 0.15) is 0 Å². The standard InChI is InChI=1S/C15H14Cl2N4O2/c1-23-15-13(18-2-3-19-15)20-21-14(22)12-7-11(12)8-4-9(16)6-10(17)5-8/h2-6,11-12H,7H2,1H3,(H,18,20)(H,21,22)/t11-,12-/m0/s1. The molecule has 0 saturated heterocycles. The van der Waals surface area contributed by atoms with Crippen LogP contribution in [0.3, 0.4) is 0 Å². The van der Waals surface area contributed by atoms with Gasteiger partial charge in [0.15, 0.2) is 0 Å². The van der Waals surface area contributed by atoms with Gasteiger partial charge < -0.3 is 4.74 Å². The molecule has 6 nitrogen and oxygen atoms in total. The van der Waals surface area contributed by atoms with Gasteiger partial charge in [0.05, 0.1) is 7.11 Å². The third kappa shape index (κ3) is 3.65. The Morgan fingerprint density at radius 2 is 1.91 bits per heavy atom. The van der Waals surface area contributed by atoms with Crippen molar-refractivity contribution >= 4 is 34.9 Å². The van der Waals surface area contributed by atoms with Crippen molar-refractivity contribution in [2.24, 2.45) is 5.92 Å². The maximum atomic E-state index is 12.2. The highest BCUT2D eigenvalue weighted by Gasteiger charge is 2.44. The largest absolute Gasteiger partial charge is 0.478 e. The third-order valence-corrected chi connectivity index (χ3v) is 4.04. The Morgan fingerprint density at radius 1 is 1.22 bits per heavy atom. The van der Waals surface area contributed by atoms with Crippen LogP contribution in [0, 0.1) is 5.92 Å². The summed E-state index contributed by atoms with van der Waals surface area (Å²) in [7, 11) is 1.48. The monoisotopic (exact) mass is 352 g/mol. The van der Waals surface area contributed by atoms with E-state index in [9.17, 15) is 4.79 Å².